The molecule has 1 aliphatic heterocycles. The predicted octanol–water partition coefficient (Wildman–Crippen LogP) is 0.637. The smallest absolute Gasteiger partial charge is 0.236 e. The first-order valence-corrected chi connectivity index (χ1v) is 7.25. The van der Waals surface area contributed by atoms with Gasteiger partial charge in [-0.25, -0.2) is 0 Å². The molecule has 0 aromatic heterocycles. The van der Waals surface area contributed by atoms with E-state index in [2.05, 4.69) is 5.32 Å². The predicted molar refractivity (Wildman–Crippen MR) is 73.0 cm³/mol. The normalized spacial score (nSPS) is 29.3. The number of nitrogens with zero attached hydrogens (tertiary/aromatic N) is 1. The van der Waals surface area contributed by atoms with E-state index in [4.69, 9.17) is 9.47 Å². The molecule has 1 heterocycles. The number of amides is 1. The average molecular weight is 270 g/mol. The van der Waals surface area contributed by atoms with Crippen molar-refractivity contribution in [3.8, 4) is 0 Å². The Morgan fingerprint density at radius 1 is 1.37 bits per heavy atom. The largest absolute Gasteiger partial charge is 0.383 e. The molecule has 2 aliphatic rings. The Balaban J connectivity index is 1.76. The fourth-order valence-corrected chi connectivity index (χ4v) is 2.75. The lowest BCUT2D eigenvalue weighted by atomic mass is 10.2. The third kappa shape index (κ3) is 4.44. The van der Waals surface area contributed by atoms with E-state index in [1.807, 2.05) is 18.7 Å². The minimum Gasteiger partial charge on any atom is -0.383 e. The van der Waals surface area contributed by atoms with Crippen molar-refractivity contribution in [1.82, 2.24) is 10.2 Å². The Bertz CT molecular complexity index is 297. The molecule has 2 rings (SSSR count). The van der Waals surface area contributed by atoms with Crippen molar-refractivity contribution < 1.29 is 14.3 Å². The molecule has 1 N–H and O–H groups in total. The highest BCUT2D eigenvalue weighted by Gasteiger charge is 2.32. The topological polar surface area (TPSA) is 50.8 Å². The van der Waals surface area contributed by atoms with E-state index in [-0.39, 0.29) is 18.1 Å². The molecule has 1 saturated carbocycles. The molecule has 0 aromatic carbocycles. The van der Waals surface area contributed by atoms with Gasteiger partial charge in [0.2, 0.25) is 5.91 Å². The molecule has 5 heteroatoms. The van der Waals surface area contributed by atoms with E-state index in [1.54, 1.807) is 7.11 Å². The summed E-state index contributed by atoms with van der Waals surface area (Å²) in [4.78, 5) is 14.1. The Hall–Kier alpha value is -0.650. The molecule has 3 unspecified atom stereocenters. The maximum absolute atomic E-state index is 12.2. The van der Waals surface area contributed by atoms with Gasteiger partial charge in [0.1, 0.15) is 0 Å². The van der Waals surface area contributed by atoms with Crippen molar-refractivity contribution in [1.29, 1.82) is 0 Å². The van der Waals surface area contributed by atoms with Gasteiger partial charge in [0.05, 0.1) is 25.4 Å². The van der Waals surface area contributed by atoms with Crippen LogP contribution >= 0.6 is 0 Å². The van der Waals surface area contributed by atoms with Crippen molar-refractivity contribution in [2.45, 2.75) is 44.9 Å². The maximum Gasteiger partial charge on any atom is 0.236 e. The molecule has 1 saturated heterocycles. The molecule has 1 aliphatic carbocycles. The summed E-state index contributed by atoms with van der Waals surface area (Å²) in [5.74, 6) is 0.860. The standard InChI is InChI=1S/C14H26N2O3/c1-10-7-16(8-11(2)19-10)14(17)6-15-13(9-18-3)12-4-5-12/h10-13,15H,4-9H2,1-3H3. The second kappa shape index (κ2) is 6.68. The first-order chi connectivity index (χ1) is 9.10. The van der Waals surface area contributed by atoms with Crippen LogP contribution in [0.2, 0.25) is 0 Å². The Labute approximate surface area is 115 Å². The van der Waals surface area contributed by atoms with Gasteiger partial charge in [-0.05, 0) is 32.6 Å². The minimum atomic E-state index is 0.130. The highest BCUT2D eigenvalue weighted by molar-refractivity contribution is 5.78. The summed E-state index contributed by atoms with van der Waals surface area (Å²) in [6, 6.07) is 0.324. The number of carbonyl (C=O) groups excluding carboxylic acids is 1. The monoisotopic (exact) mass is 270 g/mol. The van der Waals surface area contributed by atoms with Crippen molar-refractivity contribution in [3.05, 3.63) is 0 Å². The highest BCUT2D eigenvalue weighted by Crippen LogP contribution is 2.32. The lowest BCUT2D eigenvalue weighted by Crippen LogP contribution is -2.51. The van der Waals surface area contributed by atoms with Crippen LogP contribution in [0.1, 0.15) is 26.7 Å². The van der Waals surface area contributed by atoms with Crippen LogP contribution in [0.15, 0.2) is 0 Å². The third-order valence-corrected chi connectivity index (χ3v) is 3.83. The Morgan fingerprint density at radius 3 is 2.53 bits per heavy atom. The number of morpholine rings is 1. The summed E-state index contributed by atoms with van der Waals surface area (Å²) in [7, 11) is 1.71. The molecular weight excluding hydrogens is 244 g/mol. The van der Waals surface area contributed by atoms with Gasteiger partial charge in [-0.1, -0.05) is 0 Å². The summed E-state index contributed by atoms with van der Waals surface area (Å²) in [6.07, 6.45) is 2.76. The summed E-state index contributed by atoms with van der Waals surface area (Å²) >= 11 is 0. The first-order valence-electron chi connectivity index (χ1n) is 7.25. The number of rotatable bonds is 6. The molecule has 0 bridgehead atoms. The van der Waals surface area contributed by atoms with Crippen LogP contribution < -0.4 is 5.32 Å². The second-order valence-electron chi connectivity index (χ2n) is 5.84. The van der Waals surface area contributed by atoms with Gasteiger partial charge in [-0.2, -0.15) is 0 Å². The average Bonchev–Trinajstić information content (AvgIpc) is 3.17. The maximum atomic E-state index is 12.2. The van der Waals surface area contributed by atoms with Gasteiger partial charge in [-0.3, -0.25) is 4.79 Å². The van der Waals surface area contributed by atoms with Crippen LogP contribution in [0.4, 0.5) is 0 Å². The Morgan fingerprint density at radius 2 is 2.00 bits per heavy atom. The molecule has 0 radical (unpaired) electrons. The molecule has 3 atom stereocenters. The summed E-state index contributed by atoms with van der Waals surface area (Å²) in [5, 5.41) is 3.35. The van der Waals surface area contributed by atoms with E-state index >= 15 is 0 Å². The lowest BCUT2D eigenvalue weighted by molar-refractivity contribution is -0.142. The fraction of sp³-hybridized carbons (Fsp3) is 0.929. The fourth-order valence-electron chi connectivity index (χ4n) is 2.75. The molecule has 0 spiro atoms. The van der Waals surface area contributed by atoms with Gasteiger partial charge in [-0.15, -0.1) is 0 Å². The summed E-state index contributed by atoms with van der Waals surface area (Å²) in [5.41, 5.74) is 0. The van der Waals surface area contributed by atoms with E-state index in [9.17, 15) is 4.79 Å². The Kier molecular flexibility index (Phi) is 5.19. The molecule has 2 fully saturated rings. The van der Waals surface area contributed by atoms with Gasteiger partial charge in [0.15, 0.2) is 0 Å². The third-order valence-electron chi connectivity index (χ3n) is 3.83. The van der Waals surface area contributed by atoms with Crippen molar-refractivity contribution >= 4 is 5.91 Å². The molecule has 110 valence electrons. The zero-order valence-corrected chi connectivity index (χ0v) is 12.2. The van der Waals surface area contributed by atoms with Crippen molar-refractivity contribution in [3.63, 3.8) is 0 Å². The number of ether oxygens (including phenoxy) is 2. The molecular formula is C14H26N2O3. The first kappa shape index (κ1) is 14.8. The number of carbonyl (C=O) groups is 1. The van der Waals surface area contributed by atoms with Crippen LogP contribution in [0, 0.1) is 5.92 Å². The summed E-state index contributed by atoms with van der Waals surface area (Å²) in [6.45, 7) is 6.52. The van der Waals surface area contributed by atoms with E-state index in [0.717, 1.165) is 0 Å². The number of hydrogen-bond acceptors (Lipinski definition) is 4. The zero-order valence-electron chi connectivity index (χ0n) is 12.2. The van der Waals surface area contributed by atoms with Gasteiger partial charge in [0.25, 0.3) is 0 Å². The molecule has 19 heavy (non-hydrogen) atoms. The van der Waals surface area contributed by atoms with Crippen LogP contribution in [-0.2, 0) is 14.3 Å². The van der Waals surface area contributed by atoms with Crippen molar-refractivity contribution in [2.24, 2.45) is 5.92 Å². The van der Waals surface area contributed by atoms with Crippen molar-refractivity contribution in [2.75, 3.05) is 33.4 Å². The van der Waals surface area contributed by atoms with E-state index in [1.165, 1.54) is 12.8 Å². The number of methoxy groups -OCH3 is 1. The quantitative estimate of drug-likeness (QED) is 0.769. The van der Waals surface area contributed by atoms with Crippen LogP contribution in [0.3, 0.4) is 0 Å². The van der Waals surface area contributed by atoms with Crippen LogP contribution in [0.25, 0.3) is 0 Å². The lowest BCUT2D eigenvalue weighted by Gasteiger charge is -2.35. The summed E-state index contributed by atoms with van der Waals surface area (Å²) < 4.78 is 10.9. The second-order valence-corrected chi connectivity index (χ2v) is 5.84. The van der Waals surface area contributed by atoms with E-state index < -0.39 is 0 Å². The number of nitrogens with one attached hydrogen (secondary N) is 1. The van der Waals surface area contributed by atoms with Crippen LogP contribution in [0.5, 0.6) is 0 Å². The van der Waals surface area contributed by atoms with Gasteiger partial charge in [0, 0.05) is 26.2 Å². The molecule has 5 nitrogen and oxygen atoms in total. The molecule has 1 amide bonds. The molecule has 0 aromatic rings. The SMILES string of the molecule is COCC(NCC(=O)N1CC(C)OC(C)C1)C1CC1. The van der Waals surface area contributed by atoms with Gasteiger partial charge >= 0.3 is 0 Å². The minimum absolute atomic E-state index is 0.130. The number of hydrogen-bond donors (Lipinski definition) is 1. The highest BCUT2D eigenvalue weighted by atomic mass is 16.5. The van der Waals surface area contributed by atoms with Gasteiger partial charge < -0.3 is 19.7 Å². The zero-order chi connectivity index (χ0) is 13.8. The van der Waals surface area contributed by atoms with Crippen LogP contribution in [-0.4, -0.2) is 62.4 Å². The van der Waals surface area contributed by atoms with E-state index in [0.29, 0.717) is 38.2 Å².